The zero-order valence-electron chi connectivity index (χ0n) is 13.6. The molecule has 22 heavy (non-hydrogen) atoms. The average Bonchev–Trinajstić information content (AvgIpc) is 2.53. The predicted octanol–water partition coefficient (Wildman–Crippen LogP) is 1.29. The second kappa shape index (κ2) is 8.15. The van der Waals surface area contributed by atoms with Crippen LogP contribution < -0.4 is 15.8 Å². The van der Waals surface area contributed by atoms with Gasteiger partial charge < -0.3 is 15.8 Å². The van der Waals surface area contributed by atoms with Crippen LogP contribution in [0.4, 0.5) is 0 Å². The lowest BCUT2D eigenvalue weighted by Gasteiger charge is -2.32. The van der Waals surface area contributed by atoms with Gasteiger partial charge in [0.2, 0.25) is 5.91 Å². The van der Waals surface area contributed by atoms with Gasteiger partial charge in [-0.2, -0.15) is 0 Å². The Morgan fingerprint density at radius 2 is 2.32 bits per heavy atom. The Kier molecular flexibility index (Phi) is 6.21. The van der Waals surface area contributed by atoms with Gasteiger partial charge in [0.15, 0.2) is 0 Å². The van der Waals surface area contributed by atoms with Gasteiger partial charge in [-0.15, -0.1) is 0 Å². The van der Waals surface area contributed by atoms with Crippen molar-refractivity contribution in [1.29, 1.82) is 0 Å². The molecule has 1 aliphatic rings. The molecule has 1 saturated heterocycles. The summed E-state index contributed by atoms with van der Waals surface area (Å²) >= 11 is 0. The van der Waals surface area contributed by atoms with Crippen molar-refractivity contribution in [3.63, 3.8) is 0 Å². The Morgan fingerprint density at radius 1 is 1.50 bits per heavy atom. The van der Waals surface area contributed by atoms with E-state index in [-0.39, 0.29) is 11.8 Å². The first-order valence-corrected chi connectivity index (χ1v) is 7.97. The number of ether oxygens (including phenoxy) is 1. The number of carbonyl (C=O) groups is 1. The first-order valence-electron chi connectivity index (χ1n) is 7.97. The molecule has 0 spiro atoms. The molecule has 2 rings (SSSR count). The van der Waals surface area contributed by atoms with Gasteiger partial charge in [-0.3, -0.25) is 9.69 Å². The van der Waals surface area contributed by atoms with Crippen molar-refractivity contribution in [3.8, 4) is 5.75 Å². The number of hydrogen-bond donors (Lipinski definition) is 2. The summed E-state index contributed by atoms with van der Waals surface area (Å²) in [5, 5.41) is 2.90. The van der Waals surface area contributed by atoms with Crippen molar-refractivity contribution in [2.24, 2.45) is 11.7 Å². The van der Waals surface area contributed by atoms with Crippen LogP contribution in [0, 0.1) is 12.8 Å². The molecule has 5 heteroatoms. The van der Waals surface area contributed by atoms with Crippen LogP contribution in [-0.4, -0.2) is 44.1 Å². The summed E-state index contributed by atoms with van der Waals surface area (Å²) in [6.07, 6.45) is 2.01. The number of likely N-dealkylation sites (tertiary alicyclic amines) is 1. The zero-order valence-corrected chi connectivity index (χ0v) is 13.6. The fraction of sp³-hybridized carbons (Fsp3) is 0.588. The third-order valence-electron chi connectivity index (χ3n) is 4.15. The second-order valence-corrected chi connectivity index (χ2v) is 5.97. The van der Waals surface area contributed by atoms with E-state index in [0.29, 0.717) is 13.1 Å². The van der Waals surface area contributed by atoms with E-state index in [4.69, 9.17) is 10.5 Å². The SMILES string of the molecule is COc1ccc(C)cc1CN1CCCC(C(=O)NCCN)C1. The number of amides is 1. The maximum absolute atomic E-state index is 12.1. The fourth-order valence-electron chi connectivity index (χ4n) is 3.02. The molecule has 1 unspecified atom stereocenters. The third-order valence-corrected chi connectivity index (χ3v) is 4.15. The normalized spacial score (nSPS) is 19.0. The Balaban J connectivity index is 1.98. The van der Waals surface area contributed by atoms with E-state index in [1.54, 1.807) is 7.11 Å². The molecule has 0 radical (unpaired) electrons. The summed E-state index contributed by atoms with van der Waals surface area (Å²) in [5.41, 5.74) is 7.86. The molecule has 1 amide bonds. The molecular weight excluding hydrogens is 278 g/mol. The van der Waals surface area contributed by atoms with E-state index in [0.717, 1.165) is 38.2 Å². The quantitative estimate of drug-likeness (QED) is 0.831. The highest BCUT2D eigenvalue weighted by Crippen LogP contribution is 2.24. The molecule has 122 valence electrons. The van der Waals surface area contributed by atoms with E-state index in [1.807, 2.05) is 6.07 Å². The van der Waals surface area contributed by atoms with E-state index in [1.165, 1.54) is 11.1 Å². The largest absolute Gasteiger partial charge is 0.496 e. The standard InChI is InChI=1S/C17H27N3O2/c1-13-5-6-16(22-2)15(10-13)12-20-9-3-4-14(11-20)17(21)19-8-7-18/h5-6,10,14H,3-4,7-9,11-12,18H2,1-2H3,(H,19,21). The number of piperidine rings is 1. The highest BCUT2D eigenvalue weighted by molar-refractivity contribution is 5.78. The van der Waals surface area contributed by atoms with Crippen molar-refractivity contribution in [2.45, 2.75) is 26.3 Å². The molecule has 1 aromatic carbocycles. The predicted molar refractivity (Wildman–Crippen MR) is 87.8 cm³/mol. The van der Waals surface area contributed by atoms with Crippen LogP contribution in [0.1, 0.15) is 24.0 Å². The van der Waals surface area contributed by atoms with Gasteiger partial charge >= 0.3 is 0 Å². The van der Waals surface area contributed by atoms with Gasteiger partial charge in [0.1, 0.15) is 5.75 Å². The van der Waals surface area contributed by atoms with E-state index in [2.05, 4.69) is 29.3 Å². The van der Waals surface area contributed by atoms with Crippen molar-refractivity contribution < 1.29 is 9.53 Å². The van der Waals surface area contributed by atoms with Crippen LogP contribution in [0.25, 0.3) is 0 Å². The van der Waals surface area contributed by atoms with Crippen LogP contribution in [0.5, 0.6) is 5.75 Å². The molecular formula is C17H27N3O2. The summed E-state index contributed by atoms with van der Waals surface area (Å²) < 4.78 is 5.45. The summed E-state index contributed by atoms with van der Waals surface area (Å²) in [5.74, 6) is 1.11. The maximum atomic E-state index is 12.1. The van der Waals surface area contributed by atoms with Crippen molar-refractivity contribution in [3.05, 3.63) is 29.3 Å². The average molecular weight is 305 g/mol. The van der Waals surface area contributed by atoms with Crippen LogP contribution in [0.2, 0.25) is 0 Å². The number of hydrogen-bond acceptors (Lipinski definition) is 4. The lowest BCUT2D eigenvalue weighted by Crippen LogP contribution is -2.43. The Labute approximate surface area is 132 Å². The van der Waals surface area contributed by atoms with Gasteiger partial charge in [-0.05, 0) is 32.4 Å². The maximum Gasteiger partial charge on any atom is 0.224 e. The fourth-order valence-corrected chi connectivity index (χ4v) is 3.02. The summed E-state index contributed by atoms with van der Waals surface area (Å²) in [7, 11) is 1.70. The summed E-state index contributed by atoms with van der Waals surface area (Å²) in [6, 6.07) is 6.23. The number of benzene rings is 1. The molecule has 1 aromatic rings. The number of nitrogens with two attached hydrogens (primary N) is 1. The van der Waals surface area contributed by atoms with Gasteiger partial charge in [0.25, 0.3) is 0 Å². The Morgan fingerprint density at radius 3 is 3.05 bits per heavy atom. The van der Waals surface area contributed by atoms with Crippen LogP contribution in [0.3, 0.4) is 0 Å². The monoisotopic (exact) mass is 305 g/mol. The Bertz CT molecular complexity index is 505. The smallest absolute Gasteiger partial charge is 0.224 e. The molecule has 1 heterocycles. The van der Waals surface area contributed by atoms with Crippen LogP contribution in [-0.2, 0) is 11.3 Å². The Hall–Kier alpha value is -1.59. The van der Waals surface area contributed by atoms with Gasteiger partial charge in [0.05, 0.1) is 13.0 Å². The first kappa shape index (κ1) is 16.8. The van der Waals surface area contributed by atoms with Crippen molar-refractivity contribution >= 4 is 5.91 Å². The molecule has 0 aliphatic carbocycles. The first-order chi connectivity index (χ1) is 10.6. The molecule has 1 aliphatic heterocycles. The van der Waals surface area contributed by atoms with Crippen molar-refractivity contribution in [2.75, 3.05) is 33.3 Å². The van der Waals surface area contributed by atoms with E-state index >= 15 is 0 Å². The van der Waals surface area contributed by atoms with Gasteiger partial charge in [-0.25, -0.2) is 0 Å². The minimum Gasteiger partial charge on any atom is -0.496 e. The lowest BCUT2D eigenvalue weighted by atomic mass is 9.96. The molecule has 0 bridgehead atoms. The summed E-state index contributed by atoms with van der Waals surface area (Å²) in [4.78, 5) is 14.5. The van der Waals surface area contributed by atoms with Gasteiger partial charge in [0, 0.05) is 31.7 Å². The minimum absolute atomic E-state index is 0.0658. The number of rotatable bonds is 6. The second-order valence-electron chi connectivity index (χ2n) is 5.97. The van der Waals surface area contributed by atoms with Crippen molar-refractivity contribution in [1.82, 2.24) is 10.2 Å². The highest BCUT2D eigenvalue weighted by atomic mass is 16.5. The number of nitrogens with zero attached hydrogens (tertiary/aromatic N) is 1. The minimum atomic E-state index is 0.0658. The van der Waals surface area contributed by atoms with Crippen LogP contribution >= 0.6 is 0 Å². The summed E-state index contributed by atoms with van der Waals surface area (Å²) in [6.45, 7) is 5.78. The number of aryl methyl sites for hydroxylation is 1. The van der Waals surface area contributed by atoms with E-state index < -0.39 is 0 Å². The number of carbonyl (C=O) groups excluding carboxylic acids is 1. The molecule has 3 N–H and O–H groups in total. The lowest BCUT2D eigenvalue weighted by molar-refractivity contribution is -0.126. The van der Waals surface area contributed by atoms with Gasteiger partial charge in [-0.1, -0.05) is 17.7 Å². The third kappa shape index (κ3) is 4.45. The molecule has 0 saturated carbocycles. The zero-order chi connectivity index (χ0) is 15.9. The number of methoxy groups -OCH3 is 1. The number of nitrogens with one attached hydrogen (secondary N) is 1. The van der Waals surface area contributed by atoms with E-state index in [9.17, 15) is 4.79 Å². The van der Waals surface area contributed by atoms with Crippen LogP contribution in [0.15, 0.2) is 18.2 Å². The molecule has 1 atom stereocenters. The highest BCUT2D eigenvalue weighted by Gasteiger charge is 2.25. The topological polar surface area (TPSA) is 67.6 Å². The molecule has 1 fully saturated rings. The molecule has 5 nitrogen and oxygen atoms in total. The molecule has 0 aromatic heterocycles.